The summed E-state index contributed by atoms with van der Waals surface area (Å²) in [7, 11) is 0. The van der Waals surface area contributed by atoms with E-state index in [2.05, 4.69) is 58.6 Å². The maximum Gasteiger partial charge on any atom is 0.204 e. The van der Waals surface area contributed by atoms with Gasteiger partial charge in [-0.25, -0.2) is 0 Å². The molecule has 1 rings (SSSR count). The first-order chi connectivity index (χ1) is 7.30. The Morgan fingerprint density at radius 1 is 1.25 bits per heavy atom. The van der Waals surface area contributed by atoms with Gasteiger partial charge in [-0.1, -0.05) is 12.1 Å². The smallest absolute Gasteiger partial charge is 0.204 e. The Kier molecular flexibility index (Phi) is 5.57. The molecule has 3 heteroatoms. The van der Waals surface area contributed by atoms with E-state index >= 15 is 0 Å². The second kappa shape index (κ2) is 6.16. The Balaban J connectivity index is 0.000000673. The second-order valence-electron chi connectivity index (χ2n) is 4.62. The molecule has 0 aliphatic carbocycles. The molecular formula is C13H21NO2. The highest BCUT2D eigenvalue weighted by Crippen LogP contribution is 2.23. The van der Waals surface area contributed by atoms with Crippen LogP contribution in [0, 0.1) is 13.8 Å². The zero-order valence-electron chi connectivity index (χ0n) is 10.7. The van der Waals surface area contributed by atoms with Gasteiger partial charge in [0.25, 0.3) is 0 Å². The molecule has 1 aromatic rings. The molecule has 90 valence electrons. The number of nitrogens with two attached hydrogens (primary N) is 1. The van der Waals surface area contributed by atoms with Crippen molar-refractivity contribution in [2.45, 2.75) is 40.2 Å². The molecule has 1 aromatic carbocycles. The van der Waals surface area contributed by atoms with Gasteiger partial charge in [0.2, 0.25) is 6.41 Å². The van der Waals surface area contributed by atoms with Crippen molar-refractivity contribution >= 4 is 6.41 Å². The molecule has 0 spiro atoms. The van der Waals surface area contributed by atoms with Crippen molar-refractivity contribution in [1.29, 1.82) is 0 Å². The minimum absolute atomic E-state index is 0.113. The summed E-state index contributed by atoms with van der Waals surface area (Å²) in [5, 5.41) is 0. The number of ether oxygens (including phenoxy) is 1. The Morgan fingerprint density at radius 3 is 2.19 bits per heavy atom. The Morgan fingerprint density at radius 2 is 1.75 bits per heavy atom. The Bertz CT molecular complexity index is 340. The van der Waals surface area contributed by atoms with Crippen LogP contribution in [0.2, 0.25) is 0 Å². The van der Waals surface area contributed by atoms with E-state index in [-0.39, 0.29) is 12.0 Å². The molecule has 0 aliphatic rings. The van der Waals surface area contributed by atoms with Crippen LogP contribution in [0.25, 0.3) is 0 Å². The van der Waals surface area contributed by atoms with Gasteiger partial charge in [-0.3, -0.25) is 4.79 Å². The zero-order chi connectivity index (χ0) is 12.8. The number of amides is 1. The summed E-state index contributed by atoms with van der Waals surface area (Å²) in [5.74, 6) is 0.993. The van der Waals surface area contributed by atoms with E-state index in [4.69, 9.17) is 9.53 Å². The fraction of sp³-hybridized carbons (Fsp3) is 0.462. The third-order valence-electron chi connectivity index (χ3n) is 1.76. The highest BCUT2D eigenvalue weighted by Gasteiger charge is 2.12. The van der Waals surface area contributed by atoms with E-state index in [1.54, 1.807) is 0 Å². The van der Waals surface area contributed by atoms with Crippen LogP contribution >= 0.6 is 0 Å². The van der Waals surface area contributed by atoms with E-state index in [9.17, 15) is 0 Å². The predicted molar refractivity (Wildman–Crippen MR) is 66.5 cm³/mol. The summed E-state index contributed by atoms with van der Waals surface area (Å²) in [6, 6.07) is 6.28. The van der Waals surface area contributed by atoms with Crippen molar-refractivity contribution < 1.29 is 9.53 Å². The van der Waals surface area contributed by atoms with Gasteiger partial charge in [-0.05, 0) is 51.8 Å². The number of hydrogen-bond acceptors (Lipinski definition) is 2. The summed E-state index contributed by atoms with van der Waals surface area (Å²) in [6.07, 6.45) is 0.250. The third kappa shape index (κ3) is 6.06. The van der Waals surface area contributed by atoms with Gasteiger partial charge in [0.05, 0.1) is 0 Å². The molecule has 2 N–H and O–H groups in total. The molecule has 0 heterocycles. The standard InChI is InChI=1S/C12H18O.CH3NO/c1-9-6-7-10(2)11(8-9)13-12(3,4)5;2-1-3/h6-8H,1-5H3;1H,(H2,2,3). The van der Waals surface area contributed by atoms with Crippen LogP contribution in [0.1, 0.15) is 31.9 Å². The summed E-state index contributed by atoms with van der Waals surface area (Å²) in [5.41, 5.74) is 6.49. The maximum absolute atomic E-state index is 8.58. The summed E-state index contributed by atoms with van der Waals surface area (Å²) in [6.45, 7) is 10.3. The number of primary amides is 1. The third-order valence-corrected chi connectivity index (χ3v) is 1.76. The van der Waals surface area contributed by atoms with Crippen LogP contribution in [-0.2, 0) is 4.79 Å². The van der Waals surface area contributed by atoms with Gasteiger partial charge in [-0.2, -0.15) is 0 Å². The average Bonchev–Trinajstić information content (AvgIpc) is 2.10. The zero-order valence-corrected chi connectivity index (χ0v) is 10.7. The van der Waals surface area contributed by atoms with Crippen LogP contribution in [0.3, 0.4) is 0 Å². The largest absolute Gasteiger partial charge is 0.488 e. The van der Waals surface area contributed by atoms with Crippen molar-refractivity contribution in [2.24, 2.45) is 5.73 Å². The lowest BCUT2D eigenvalue weighted by Crippen LogP contribution is -2.23. The van der Waals surface area contributed by atoms with Crippen LogP contribution in [0.15, 0.2) is 18.2 Å². The first-order valence-corrected chi connectivity index (χ1v) is 5.22. The van der Waals surface area contributed by atoms with Gasteiger partial charge in [0.15, 0.2) is 0 Å². The number of hydrogen-bond donors (Lipinski definition) is 1. The SMILES string of the molecule is Cc1ccc(C)c(OC(C)(C)C)c1.NC=O. The minimum atomic E-state index is -0.113. The summed E-state index contributed by atoms with van der Waals surface area (Å²) >= 11 is 0. The van der Waals surface area contributed by atoms with E-state index < -0.39 is 0 Å². The van der Waals surface area contributed by atoms with Crippen molar-refractivity contribution in [3.63, 3.8) is 0 Å². The maximum atomic E-state index is 8.58. The molecule has 0 bridgehead atoms. The van der Waals surface area contributed by atoms with Crippen LogP contribution in [0.5, 0.6) is 5.75 Å². The summed E-state index contributed by atoms with van der Waals surface area (Å²) < 4.78 is 5.81. The molecule has 0 radical (unpaired) electrons. The first-order valence-electron chi connectivity index (χ1n) is 5.22. The average molecular weight is 223 g/mol. The molecule has 3 nitrogen and oxygen atoms in total. The van der Waals surface area contributed by atoms with E-state index in [1.165, 1.54) is 11.1 Å². The lowest BCUT2D eigenvalue weighted by molar-refractivity contribution is -0.106. The van der Waals surface area contributed by atoms with Gasteiger partial charge >= 0.3 is 0 Å². The number of rotatable bonds is 1. The second-order valence-corrected chi connectivity index (χ2v) is 4.62. The lowest BCUT2D eigenvalue weighted by atomic mass is 10.1. The Hall–Kier alpha value is -1.51. The fourth-order valence-corrected chi connectivity index (χ4v) is 1.15. The molecule has 0 unspecified atom stereocenters. The van der Waals surface area contributed by atoms with Gasteiger partial charge in [-0.15, -0.1) is 0 Å². The molecule has 0 atom stereocenters. The number of carbonyl (C=O) groups is 1. The van der Waals surface area contributed by atoms with Crippen molar-refractivity contribution in [2.75, 3.05) is 0 Å². The number of benzene rings is 1. The number of carbonyl (C=O) groups excluding carboxylic acids is 1. The molecule has 16 heavy (non-hydrogen) atoms. The first kappa shape index (κ1) is 14.5. The minimum Gasteiger partial charge on any atom is -0.488 e. The molecule has 0 fully saturated rings. The molecule has 0 saturated carbocycles. The van der Waals surface area contributed by atoms with Crippen LogP contribution in [0.4, 0.5) is 0 Å². The molecule has 0 aliphatic heterocycles. The Labute approximate surface area is 97.6 Å². The fourth-order valence-electron chi connectivity index (χ4n) is 1.15. The van der Waals surface area contributed by atoms with Crippen molar-refractivity contribution in [3.8, 4) is 5.75 Å². The molecule has 0 aromatic heterocycles. The molecular weight excluding hydrogens is 202 g/mol. The van der Waals surface area contributed by atoms with E-state index in [0.717, 1.165) is 5.75 Å². The quantitative estimate of drug-likeness (QED) is 0.744. The van der Waals surface area contributed by atoms with Crippen molar-refractivity contribution in [3.05, 3.63) is 29.3 Å². The van der Waals surface area contributed by atoms with Gasteiger partial charge < -0.3 is 10.5 Å². The van der Waals surface area contributed by atoms with Crippen LogP contribution in [-0.4, -0.2) is 12.0 Å². The van der Waals surface area contributed by atoms with Crippen molar-refractivity contribution in [1.82, 2.24) is 0 Å². The predicted octanol–water partition coefficient (Wildman–Crippen LogP) is 2.58. The highest BCUT2D eigenvalue weighted by molar-refractivity contribution is 5.42. The van der Waals surface area contributed by atoms with Gasteiger partial charge in [0, 0.05) is 0 Å². The highest BCUT2D eigenvalue weighted by atomic mass is 16.5. The topological polar surface area (TPSA) is 52.3 Å². The monoisotopic (exact) mass is 223 g/mol. The molecule has 0 saturated heterocycles. The summed E-state index contributed by atoms with van der Waals surface area (Å²) in [4.78, 5) is 8.58. The van der Waals surface area contributed by atoms with E-state index in [0.29, 0.717) is 0 Å². The number of aryl methyl sites for hydroxylation is 2. The van der Waals surface area contributed by atoms with Crippen LogP contribution < -0.4 is 10.5 Å². The van der Waals surface area contributed by atoms with E-state index in [1.807, 2.05) is 0 Å². The molecule has 1 amide bonds. The lowest BCUT2D eigenvalue weighted by Gasteiger charge is -2.22. The van der Waals surface area contributed by atoms with Gasteiger partial charge in [0.1, 0.15) is 11.4 Å². The normalized spacial score (nSPS) is 10.1.